The summed E-state index contributed by atoms with van der Waals surface area (Å²) in [5.41, 5.74) is 1.56. The number of anilines is 3. The first-order valence-electron chi connectivity index (χ1n) is 7.66. The number of pyridine rings is 1. The number of likely N-dealkylation sites (N-methyl/N-ethyl adjacent to an activating group) is 1. The quantitative estimate of drug-likeness (QED) is 0.946. The molecule has 2 heterocycles. The van der Waals surface area contributed by atoms with Gasteiger partial charge in [-0.05, 0) is 43.3 Å². The van der Waals surface area contributed by atoms with Crippen LogP contribution >= 0.6 is 0 Å². The second kappa shape index (κ2) is 6.56. The van der Waals surface area contributed by atoms with Crippen LogP contribution in [0.3, 0.4) is 0 Å². The molecule has 3 rings (SSSR count). The Hall–Kier alpha value is -2.76. The molecule has 6 heteroatoms. The molecule has 0 saturated heterocycles. The van der Waals surface area contributed by atoms with Crippen molar-refractivity contribution in [3.05, 3.63) is 42.6 Å². The van der Waals surface area contributed by atoms with Crippen LogP contribution in [0.4, 0.5) is 22.0 Å². The first kappa shape index (κ1) is 15.1. The zero-order valence-corrected chi connectivity index (χ0v) is 13.3. The van der Waals surface area contributed by atoms with Crippen molar-refractivity contribution in [2.75, 3.05) is 41.9 Å². The molecule has 0 radical (unpaired) electrons. The summed E-state index contributed by atoms with van der Waals surface area (Å²) in [6.45, 7) is 3.93. The lowest BCUT2D eigenvalue weighted by molar-refractivity contribution is 0.257. The number of carbonyl (C=O) groups is 1. The van der Waals surface area contributed by atoms with Crippen LogP contribution in [0, 0.1) is 0 Å². The lowest BCUT2D eigenvalue weighted by atomic mass is 10.2. The van der Waals surface area contributed by atoms with Crippen LogP contribution in [0.15, 0.2) is 42.6 Å². The summed E-state index contributed by atoms with van der Waals surface area (Å²) >= 11 is 0. The first-order valence-corrected chi connectivity index (χ1v) is 7.66. The molecule has 0 spiro atoms. The fourth-order valence-electron chi connectivity index (χ4n) is 2.57. The minimum atomic E-state index is -0.156. The number of nitrogens with one attached hydrogen (secondary N) is 1. The summed E-state index contributed by atoms with van der Waals surface area (Å²) in [6.07, 6.45) is 1.74. The molecule has 0 aliphatic carbocycles. The van der Waals surface area contributed by atoms with Crippen LogP contribution < -0.4 is 19.9 Å². The van der Waals surface area contributed by atoms with Gasteiger partial charge in [-0.1, -0.05) is 0 Å². The highest BCUT2D eigenvalue weighted by atomic mass is 16.5. The van der Waals surface area contributed by atoms with E-state index in [1.807, 2.05) is 50.4 Å². The molecule has 0 atom stereocenters. The second-order valence-electron chi connectivity index (χ2n) is 5.31. The van der Waals surface area contributed by atoms with E-state index < -0.39 is 0 Å². The summed E-state index contributed by atoms with van der Waals surface area (Å²) in [5.74, 6) is 1.61. The monoisotopic (exact) mass is 312 g/mol. The van der Waals surface area contributed by atoms with Crippen molar-refractivity contribution in [3.63, 3.8) is 0 Å². The van der Waals surface area contributed by atoms with Gasteiger partial charge in [-0.3, -0.25) is 4.90 Å². The molecular weight excluding hydrogens is 292 g/mol. The molecule has 1 aromatic carbocycles. The summed E-state index contributed by atoms with van der Waals surface area (Å²) in [6, 6.07) is 11.0. The maximum Gasteiger partial charge on any atom is 0.326 e. The molecule has 120 valence electrons. The van der Waals surface area contributed by atoms with Gasteiger partial charge in [0, 0.05) is 32.0 Å². The van der Waals surface area contributed by atoms with Crippen LogP contribution in [0.2, 0.25) is 0 Å². The summed E-state index contributed by atoms with van der Waals surface area (Å²) in [5, 5.41) is 2.92. The third-order valence-corrected chi connectivity index (χ3v) is 3.74. The number of hydrogen-bond donors (Lipinski definition) is 1. The van der Waals surface area contributed by atoms with E-state index in [0.717, 1.165) is 29.5 Å². The molecule has 23 heavy (non-hydrogen) atoms. The molecule has 1 aliphatic heterocycles. The molecule has 1 N–H and O–H groups in total. The van der Waals surface area contributed by atoms with Gasteiger partial charge in [0.05, 0.1) is 12.3 Å². The Morgan fingerprint density at radius 3 is 2.78 bits per heavy atom. The largest absolute Gasteiger partial charge is 0.494 e. The standard InChI is InChI=1S/C17H20N4O2/c1-3-23-14-8-6-13(7-9-14)19-17(22)21-12-11-20(2)16-15(21)5-4-10-18-16/h4-10H,3,11-12H2,1-2H3,(H,19,22). The summed E-state index contributed by atoms with van der Waals surface area (Å²) in [4.78, 5) is 20.7. The van der Waals surface area contributed by atoms with Crippen LogP contribution in [0.5, 0.6) is 5.75 Å². The molecule has 1 aliphatic rings. The molecule has 6 nitrogen and oxygen atoms in total. The Morgan fingerprint density at radius 1 is 1.26 bits per heavy atom. The number of carbonyl (C=O) groups excluding carboxylic acids is 1. The number of rotatable bonds is 3. The normalized spacial score (nSPS) is 13.5. The van der Waals surface area contributed by atoms with Gasteiger partial charge >= 0.3 is 6.03 Å². The fraction of sp³-hybridized carbons (Fsp3) is 0.294. The minimum Gasteiger partial charge on any atom is -0.494 e. The third-order valence-electron chi connectivity index (χ3n) is 3.74. The zero-order valence-electron chi connectivity index (χ0n) is 13.3. The van der Waals surface area contributed by atoms with E-state index in [-0.39, 0.29) is 6.03 Å². The number of ether oxygens (including phenoxy) is 1. The van der Waals surface area contributed by atoms with Crippen molar-refractivity contribution in [2.24, 2.45) is 0 Å². The van der Waals surface area contributed by atoms with Gasteiger partial charge in [0.25, 0.3) is 0 Å². The molecule has 0 unspecified atom stereocenters. The van der Waals surface area contributed by atoms with E-state index in [9.17, 15) is 4.79 Å². The average molecular weight is 312 g/mol. The highest BCUT2D eigenvalue weighted by Crippen LogP contribution is 2.30. The van der Waals surface area contributed by atoms with E-state index in [1.54, 1.807) is 11.1 Å². The van der Waals surface area contributed by atoms with E-state index in [2.05, 4.69) is 15.2 Å². The van der Waals surface area contributed by atoms with Gasteiger partial charge in [-0.2, -0.15) is 0 Å². The molecular formula is C17H20N4O2. The number of urea groups is 1. The third kappa shape index (κ3) is 3.21. The predicted molar refractivity (Wildman–Crippen MR) is 91.5 cm³/mol. The summed E-state index contributed by atoms with van der Waals surface area (Å²) in [7, 11) is 1.98. The first-order chi connectivity index (χ1) is 11.2. The van der Waals surface area contributed by atoms with Gasteiger partial charge in [-0.15, -0.1) is 0 Å². The van der Waals surface area contributed by atoms with E-state index in [4.69, 9.17) is 4.74 Å². The topological polar surface area (TPSA) is 57.7 Å². The molecule has 2 aromatic rings. The van der Waals surface area contributed by atoms with Gasteiger partial charge < -0.3 is 15.0 Å². The van der Waals surface area contributed by atoms with Gasteiger partial charge in [-0.25, -0.2) is 9.78 Å². The molecule has 0 saturated carbocycles. The fourth-order valence-corrected chi connectivity index (χ4v) is 2.57. The van der Waals surface area contributed by atoms with Gasteiger partial charge in [0.1, 0.15) is 5.75 Å². The Labute approximate surface area is 135 Å². The maximum atomic E-state index is 12.6. The van der Waals surface area contributed by atoms with Crippen molar-refractivity contribution >= 4 is 23.2 Å². The van der Waals surface area contributed by atoms with E-state index >= 15 is 0 Å². The lowest BCUT2D eigenvalue weighted by Crippen LogP contribution is -2.45. The molecule has 1 aromatic heterocycles. The van der Waals surface area contributed by atoms with Crippen molar-refractivity contribution in [1.29, 1.82) is 0 Å². The van der Waals surface area contributed by atoms with E-state index in [0.29, 0.717) is 13.2 Å². The summed E-state index contributed by atoms with van der Waals surface area (Å²) < 4.78 is 5.40. The Bertz CT molecular complexity index is 687. The number of amides is 2. The highest BCUT2D eigenvalue weighted by molar-refractivity contribution is 6.04. The molecule has 0 fully saturated rings. The van der Waals surface area contributed by atoms with Crippen molar-refractivity contribution < 1.29 is 9.53 Å². The predicted octanol–water partition coefficient (Wildman–Crippen LogP) is 2.97. The minimum absolute atomic E-state index is 0.156. The van der Waals surface area contributed by atoms with Crippen molar-refractivity contribution in [1.82, 2.24) is 4.98 Å². The van der Waals surface area contributed by atoms with Crippen LogP contribution in [-0.2, 0) is 0 Å². The van der Waals surface area contributed by atoms with Gasteiger partial charge in [0.2, 0.25) is 0 Å². The lowest BCUT2D eigenvalue weighted by Gasteiger charge is -2.34. The van der Waals surface area contributed by atoms with Crippen molar-refractivity contribution in [3.8, 4) is 5.75 Å². The maximum absolute atomic E-state index is 12.6. The number of aromatic nitrogens is 1. The number of hydrogen-bond acceptors (Lipinski definition) is 4. The van der Waals surface area contributed by atoms with Crippen LogP contribution in [-0.4, -0.2) is 37.8 Å². The van der Waals surface area contributed by atoms with Crippen LogP contribution in [0.1, 0.15) is 6.92 Å². The molecule has 0 bridgehead atoms. The highest BCUT2D eigenvalue weighted by Gasteiger charge is 2.25. The Balaban J connectivity index is 1.75. The van der Waals surface area contributed by atoms with E-state index in [1.165, 1.54) is 0 Å². The Morgan fingerprint density at radius 2 is 2.04 bits per heavy atom. The van der Waals surface area contributed by atoms with Crippen LogP contribution in [0.25, 0.3) is 0 Å². The second-order valence-corrected chi connectivity index (χ2v) is 5.31. The number of benzene rings is 1. The Kier molecular flexibility index (Phi) is 4.32. The average Bonchev–Trinajstić information content (AvgIpc) is 2.57. The van der Waals surface area contributed by atoms with Crippen molar-refractivity contribution in [2.45, 2.75) is 6.92 Å². The smallest absolute Gasteiger partial charge is 0.326 e. The number of fused-ring (bicyclic) bond motifs is 1. The SMILES string of the molecule is CCOc1ccc(NC(=O)N2CCN(C)c3ncccc32)cc1. The number of nitrogens with zero attached hydrogens (tertiary/aromatic N) is 3. The van der Waals surface area contributed by atoms with Gasteiger partial charge in [0.15, 0.2) is 5.82 Å². The zero-order chi connectivity index (χ0) is 16.2. The molecule has 2 amide bonds.